The largest absolute Gasteiger partial charge is 0.427 e. The number of nitrogens with one attached hydrogen (secondary N) is 1. The zero-order valence-corrected chi connectivity index (χ0v) is 19.8. The average Bonchev–Trinajstić information content (AvgIpc) is 3.55. The summed E-state index contributed by atoms with van der Waals surface area (Å²) in [6.07, 6.45) is 3.36. The molecule has 182 valence electrons. The second-order valence-electron chi connectivity index (χ2n) is 9.67. The van der Waals surface area contributed by atoms with E-state index in [1.54, 1.807) is 23.1 Å². The summed E-state index contributed by atoms with van der Waals surface area (Å²) in [5, 5.41) is 2.73. The molecule has 1 aliphatic heterocycles. The lowest BCUT2D eigenvalue weighted by atomic mass is 9.94. The molecule has 2 fully saturated rings. The van der Waals surface area contributed by atoms with Crippen LogP contribution in [-0.2, 0) is 37.7 Å². The van der Waals surface area contributed by atoms with Crippen LogP contribution < -0.4 is 5.32 Å². The van der Waals surface area contributed by atoms with E-state index in [0.717, 1.165) is 22.4 Å². The molecule has 2 aliphatic carbocycles. The Balaban J connectivity index is 1.32. The molecular weight excluding hydrogens is 446 g/mol. The van der Waals surface area contributed by atoms with Crippen molar-refractivity contribution in [2.45, 2.75) is 51.2 Å². The van der Waals surface area contributed by atoms with Gasteiger partial charge in [0, 0.05) is 37.7 Å². The first-order valence-electron chi connectivity index (χ1n) is 12.1. The van der Waals surface area contributed by atoms with Crippen LogP contribution >= 0.6 is 0 Å². The molecule has 0 aromatic heterocycles. The summed E-state index contributed by atoms with van der Waals surface area (Å²) in [6, 6.07) is 14.9. The van der Waals surface area contributed by atoms with Crippen LogP contribution in [0, 0.1) is 5.92 Å². The molecule has 0 bridgehead atoms. The van der Waals surface area contributed by atoms with Crippen LogP contribution in [0.2, 0.25) is 0 Å². The Labute approximate surface area is 204 Å². The van der Waals surface area contributed by atoms with E-state index >= 15 is 0 Å². The van der Waals surface area contributed by atoms with Crippen LogP contribution in [0.5, 0.6) is 0 Å². The highest BCUT2D eigenvalue weighted by Crippen LogP contribution is 2.46. The number of anilines is 1. The van der Waals surface area contributed by atoms with Crippen LogP contribution in [0.15, 0.2) is 48.5 Å². The zero-order chi connectivity index (χ0) is 24.6. The third kappa shape index (κ3) is 4.65. The van der Waals surface area contributed by atoms with Crippen molar-refractivity contribution in [3.63, 3.8) is 0 Å². The quantitative estimate of drug-likeness (QED) is 0.630. The Bertz CT molecular complexity index is 1180. The van der Waals surface area contributed by atoms with E-state index in [1.165, 1.54) is 19.8 Å². The van der Waals surface area contributed by atoms with Gasteiger partial charge in [-0.15, -0.1) is 0 Å². The van der Waals surface area contributed by atoms with E-state index in [-0.39, 0.29) is 18.4 Å². The number of carbonyl (C=O) groups excluding carboxylic acids is 4. The van der Waals surface area contributed by atoms with Gasteiger partial charge in [0.25, 0.3) is 5.91 Å². The van der Waals surface area contributed by atoms with E-state index in [1.807, 2.05) is 30.3 Å². The van der Waals surface area contributed by atoms with Crippen molar-refractivity contribution in [3.8, 4) is 0 Å². The molecular formula is C27H29N3O5. The minimum Gasteiger partial charge on any atom is -0.427 e. The summed E-state index contributed by atoms with van der Waals surface area (Å²) in [5.41, 5.74) is 1.70. The van der Waals surface area contributed by atoms with E-state index in [0.29, 0.717) is 43.1 Å². The van der Waals surface area contributed by atoms with Crippen molar-refractivity contribution in [1.82, 2.24) is 9.80 Å². The number of hydrogen-bond acceptors (Lipinski definition) is 5. The van der Waals surface area contributed by atoms with Gasteiger partial charge in [-0.3, -0.25) is 14.4 Å². The Morgan fingerprint density at radius 1 is 1.14 bits per heavy atom. The number of carbonyl (C=O) groups is 4. The second-order valence-corrected chi connectivity index (χ2v) is 9.67. The molecule has 8 heteroatoms. The fraction of sp³-hybridized carbons (Fsp3) is 0.407. The van der Waals surface area contributed by atoms with Crippen LogP contribution in [0.4, 0.5) is 10.5 Å². The lowest BCUT2D eigenvalue weighted by Gasteiger charge is -2.25. The molecule has 0 radical (unpaired) electrons. The van der Waals surface area contributed by atoms with Gasteiger partial charge in [0.1, 0.15) is 6.54 Å². The maximum atomic E-state index is 13.5. The van der Waals surface area contributed by atoms with Gasteiger partial charge in [0.15, 0.2) is 0 Å². The number of rotatable bonds is 8. The number of fused-ring (bicyclic) bond motifs is 2. The summed E-state index contributed by atoms with van der Waals surface area (Å²) in [7, 11) is 0. The highest BCUT2D eigenvalue weighted by Gasteiger charge is 2.58. The van der Waals surface area contributed by atoms with Crippen molar-refractivity contribution in [2.24, 2.45) is 5.92 Å². The number of ether oxygens (including phenoxy) is 1. The lowest BCUT2D eigenvalue weighted by Crippen LogP contribution is -2.44. The third-order valence-electron chi connectivity index (χ3n) is 7.05. The molecule has 2 aromatic carbocycles. The number of nitrogens with zero attached hydrogens (tertiary/aromatic N) is 2. The smallest absolute Gasteiger partial charge is 0.418 e. The topological polar surface area (TPSA) is 96.0 Å². The van der Waals surface area contributed by atoms with Crippen molar-refractivity contribution in [3.05, 3.63) is 65.2 Å². The second kappa shape index (κ2) is 9.17. The maximum absolute atomic E-state index is 13.5. The van der Waals surface area contributed by atoms with Gasteiger partial charge >= 0.3 is 6.09 Å². The lowest BCUT2D eigenvalue weighted by molar-refractivity contribution is -0.142. The number of amides is 4. The molecule has 5 rings (SSSR count). The summed E-state index contributed by atoms with van der Waals surface area (Å²) < 4.78 is 5.67. The molecule has 35 heavy (non-hydrogen) atoms. The molecule has 1 atom stereocenters. The van der Waals surface area contributed by atoms with Crippen LogP contribution in [-0.4, -0.2) is 46.7 Å². The first-order chi connectivity index (χ1) is 16.9. The Kier molecular flexibility index (Phi) is 6.05. The van der Waals surface area contributed by atoms with Crippen LogP contribution in [0.3, 0.4) is 0 Å². The summed E-state index contributed by atoms with van der Waals surface area (Å²) >= 11 is 0. The fourth-order valence-electron chi connectivity index (χ4n) is 5.01. The van der Waals surface area contributed by atoms with E-state index in [4.69, 9.17) is 4.74 Å². The molecule has 1 unspecified atom stereocenters. The SMILES string of the molecule is CC(=O)Nc1ccc2c(c1)CCC21OC(=O)N(CC(=O)N(CCC2CC2)Cc2ccccc2)C1=O. The molecule has 1 saturated heterocycles. The summed E-state index contributed by atoms with van der Waals surface area (Å²) in [5.74, 6) is -0.299. The minimum absolute atomic E-state index is 0.188. The van der Waals surface area contributed by atoms with E-state index in [9.17, 15) is 19.2 Å². The molecule has 1 saturated carbocycles. The normalized spacial score (nSPS) is 20.7. The number of aryl methyl sites for hydroxylation is 1. The van der Waals surface area contributed by atoms with E-state index in [2.05, 4.69) is 5.32 Å². The molecule has 3 aliphatic rings. The van der Waals surface area contributed by atoms with Gasteiger partial charge in [-0.2, -0.15) is 0 Å². The van der Waals surface area contributed by atoms with E-state index < -0.39 is 17.6 Å². The van der Waals surface area contributed by atoms with Gasteiger partial charge in [-0.25, -0.2) is 9.69 Å². The molecule has 1 heterocycles. The third-order valence-corrected chi connectivity index (χ3v) is 7.05. The Morgan fingerprint density at radius 2 is 1.91 bits per heavy atom. The van der Waals surface area contributed by atoms with Crippen molar-refractivity contribution >= 4 is 29.5 Å². The molecule has 8 nitrogen and oxygen atoms in total. The number of hydrogen-bond donors (Lipinski definition) is 1. The highest BCUT2D eigenvalue weighted by atomic mass is 16.6. The first-order valence-corrected chi connectivity index (χ1v) is 12.1. The van der Waals surface area contributed by atoms with Crippen LogP contribution in [0.1, 0.15) is 49.3 Å². The van der Waals surface area contributed by atoms with Gasteiger partial charge < -0.3 is 15.0 Å². The predicted molar refractivity (Wildman–Crippen MR) is 128 cm³/mol. The molecule has 2 aromatic rings. The maximum Gasteiger partial charge on any atom is 0.418 e. The minimum atomic E-state index is -1.40. The highest BCUT2D eigenvalue weighted by molar-refractivity contribution is 6.06. The fourth-order valence-corrected chi connectivity index (χ4v) is 5.01. The van der Waals surface area contributed by atoms with Gasteiger partial charge in [-0.1, -0.05) is 49.2 Å². The Hall–Kier alpha value is -3.68. The van der Waals surface area contributed by atoms with Gasteiger partial charge in [0.2, 0.25) is 17.4 Å². The number of imide groups is 1. The molecule has 4 amide bonds. The number of benzene rings is 2. The monoisotopic (exact) mass is 475 g/mol. The van der Waals surface area contributed by atoms with Crippen LogP contribution in [0.25, 0.3) is 0 Å². The first kappa shape index (κ1) is 23.1. The summed E-state index contributed by atoms with van der Waals surface area (Å²) in [6.45, 7) is 2.12. The van der Waals surface area contributed by atoms with Crippen molar-refractivity contribution < 1.29 is 23.9 Å². The predicted octanol–water partition coefficient (Wildman–Crippen LogP) is 3.59. The average molecular weight is 476 g/mol. The Morgan fingerprint density at radius 3 is 2.63 bits per heavy atom. The van der Waals surface area contributed by atoms with Crippen molar-refractivity contribution in [2.75, 3.05) is 18.4 Å². The zero-order valence-electron chi connectivity index (χ0n) is 19.8. The molecule has 1 N–H and O–H groups in total. The summed E-state index contributed by atoms with van der Waals surface area (Å²) in [4.78, 5) is 53.7. The van der Waals surface area contributed by atoms with Gasteiger partial charge in [0.05, 0.1) is 0 Å². The molecule has 1 spiro atoms. The van der Waals surface area contributed by atoms with Crippen molar-refractivity contribution in [1.29, 1.82) is 0 Å². The standard InChI is InChI=1S/C27H29N3O5/c1-18(31)28-22-9-10-23-21(15-22)11-13-27(23)25(33)30(26(34)35-27)17-24(32)29(14-12-19-7-8-19)16-20-5-3-2-4-6-20/h2-6,9-10,15,19H,7-8,11-14,16-17H2,1H3,(H,28,31). The van der Waals surface area contributed by atoms with Gasteiger partial charge in [-0.05, 0) is 42.0 Å².